The van der Waals surface area contributed by atoms with Crippen LogP contribution in [0.3, 0.4) is 0 Å². The smallest absolute Gasteiger partial charge is 0.251 e. The third kappa shape index (κ3) is 5.86. The van der Waals surface area contributed by atoms with Gasteiger partial charge in [-0.15, -0.1) is 0 Å². The van der Waals surface area contributed by atoms with Crippen LogP contribution in [0.4, 0.5) is 11.5 Å². The number of nitrogens with zero attached hydrogens (tertiary/aromatic N) is 2. The molecule has 8 nitrogen and oxygen atoms in total. The van der Waals surface area contributed by atoms with Gasteiger partial charge in [0.05, 0.1) is 5.56 Å². The summed E-state index contributed by atoms with van der Waals surface area (Å²) in [7, 11) is 0. The number of carbonyl (C=O) groups is 3. The molecule has 214 valence electrons. The van der Waals surface area contributed by atoms with Gasteiger partial charge in [-0.25, -0.2) is 4.98 Å². The lowest BCUT2D eigenvalue weighted by atomic mass is 9.92. The Kier molecular flexibility index (Phi) is 8.15. The summed E-state index contributed by atoms with van der Waals surface area (Å²) >= 11 is 0. The molecule has 2 aromatic rings. The number of anilines is 2. The summed E-state index contributed by atoms with van der Waals surface area (Å²) in [4.78, 5) is 45.2. The Morgan fingerprint density at radius 3 is 2.50 bits per heavy atom. The Labute approximate surface area is 237 Å². The molecule has 1 saturated heterocycles. The SMILES string of the molecule is CCC(Nc1cc(C(=O)NC2CC3CCCN(c4ccc(C(=O)C5CC5)cn4)C3C2)c(C)cc1C(N)=O)C(C)C. The fourth-order valence-corrected chi connectivity index (χ4v) is 6.65. The summed E-state index contributed by atoms with van der Waals surface area (Å²) in [5.41, 5.74) is 8.73. The molecule has 0 bridgehead atoms. The van der Waals surface area contributed by atoms with E-state index in [0.717, 1.165) is 62.9 Å². The zero-order chi connectivity index (χ0) is 28.6. The fraction of sp³-hybridized carbons (Fsp3) is 0.562. The number of ketones is 1. The van der Waals surface area contributed by atoms with Gasteiger partial charge < -0.3 is 21.3 Å². The van der Waals surface area contributed by atoms with Crippen LogP contribution in [-0.2, 0) is 0 Å². The quantitative estimate of drug-likeness (QED) is 0.357. The van der Waals surface area contributed by atoms with Crippen LogP contribution in [0.2, 0.25) is 0 Å². The van der Waals surface area contributed by atoms with Crippen molar-refractivity contribution in [1.29, 1.82) is 0 Å². The Balaban J connectivity index is 1.29. The van der Waals surface area contributed by atoms with Crippen molar-refractivity contribution in [2.45, 2.75) is 90.8 Å². The van der Waals surface area contributed by atoms with Gasteiger partial charge in [-0.1, -0.05) is 20.8 Å². The minimum atomic E-state index is -0.505. The summed E-state index contributed by atoms with van der Waals surface area (Å²) in [6.45, 7) is 9.15. The number of nitrogens with two attached hydrogens (primary N) is 1. The lowest BCUT2D eigenvalue weighted by molar-refractivity contribution is 0.0933. The number of piperidine rings is 1. The van der Waals surface area contributed by atoms with Crippen LogP contribution in [0.1, 0.15) is 102 Å². The van der Waals surface area contributed by atoms with Crippen molar-refractivity contribution in [3.63, 3.8) is 0 Å². The Bertz CT molecular complexity index is 1270. The zero-order valence-electron chi connectivity index (χ0n) is 24.2. The van der Waals surface area contributed by atoms with Crippen molar-refractivity contribution in [3.05, 3.63) is 52.7 Å². The van der Waals surface area contributed by atoms with E-state index in [4.69, 9.17) is 5.73 Å². The maximum Gasteiger partial charge on any atom is 0.251 e. The molecule has 1 aliphatic heterocycles. The summed E-state index contributed by atoms with van der Waals surface area (Å²) in [5.74, 6) is 1.54. The van der Waals surface area contributed by atoms with Gasteiger partial charge in [0.2, 0.25) is 0 Å². The number of benzene rings is 1. The number of pyridine rings is 1. The highest BCUT2D eigenvalue weighted by Crippen LogP contribution is 2.39. The van der Waals surface area contributed by atoms with Gasteiger partial charge in [0, 0.05) is 53.6 Å². The maximum atomic E-state index is 13.5. The van der Waals surface area contributed by atoms with E-state index in [1.807, 2.05) is 19.1 Å². The Morgan fingerprint density at radius 2 is 1.88 bits per heavy atom. The maximum absolute atomic E-state index is 13.5. The molecule has 1 aromatic carbocycles. The van der Waals surface area contributed by atoms with Crippen molar-refractivity contribution in [2.75, 3.05) is 16.8 Å². The molecule has 2 saturated carbocycles. The Morgan fingerprint density at radius 1 is 1.10 bits per heavy atom. The molecule has 2 aliphatic carbocycles. The first-order valence-electron chi connectivity index (χ1n) is 14.9. The molecular weight excluding hydrogens is 502 g/mol. The predicted molar refractivity (Wildman–Crippen MR) is 158 cm³/mol. The van der Waals surface area contributed by atoms with Gasteiger partial charge in [0.15, 0.2) is 5.78 Å². The van der Waals surface area contributed by atoms with E-state index in [9.17, 15) is 14.4 Å². The van der Waals surface area contributed by atoms with E-state index in [0.29, 0.717) is 40.3 Å². The van der Waals surface area contributed by atoms with E-state index in [-0.39, 0.29) is 29.7 Å². The highest BCUT2D eigenvalue weighted by atomic mass is 16.2. The normalized spacial score (nSPS) is 23.0. The number of rotatable bonds is 10. The Hall–Kier alpha value is -3.42. The number of primary amides is 1. The predicted octanol–water partition coefficient (Wildman–Crippen LogP) is 5.11. The lowest BCUT2D eigenvalue weighted by Crippen LogP contribution is -2.43. The van der Waals surface area contributed by atoms with Gasteiger partial charge in [-0.05, 0) is 93.5 Å². The molecule has 4 N–H and O–H groups in total. The van der Waals surface area contributed by atoms with Gasteiger partial charge >= 0.3 is 0 Å². The van der Waals surface area contributed by atoms with Crippen LogP contribution >= 0.6 is 0 Å². The fourth-order valence-electron chi connectivity index (χ4n) is 6.65. The zero-order valence-corrected chi connectivity index (χ0v) is 24.2. The summed E-state index contributed by atoms with van der Waals surface area (Å²) < 4.78 is 0. The van der Waals surface area contributed by atoms with E-state index in [2.05, 4.69) is 41.3 Å². The van der Waals surface area contributed by atoms with Crippen LogP contribution in [-0.4, -0.2) is 47.3 Å². The molecule has 0 spiro atoms. The minimum absolute atomic E-state index is 0.0597. The third-order valence-corrected chi connectivity index (χ3v) is 9.10. The second-order valence-corrected chi connectivity index (χ2v) is 12.3. The average Bonchev–Trinajstić information content (AvgIpc) is 3.70. The molecular formula is C32H43N5O3. The largest absolute Gasteiger partial charge is 0.381 e. The number of Topliss-reactive ketones (excluding diaryl/α,β-unsaturated/α-hetero) is 1. The van der Waals surface area contributed by atoms with Crippen LogP contribution in [0, 0.1) is 24.7 Å². The number of hydrogen-bond acceptors (Lipinski definition) is 6. The third-order valence-electron chi connectivity index (χ3n) is 9.10. The van der Waals surface area contributed by atoms with Crippen molar-refractivity contribution in [1.82, 2.24) is 10.3 Å². The molecule has 2 amide bonds. The lowest BCUT2D eigenvalue weighted by Gasteiger charge is -2.38. The highest BCUT2D eigenvalue weighted by molar-refractivity contribution is 6.03. The molecule has 4 atom stereocenters. The van der Waals surface area contributed by atoms with E-state index >= 15 is 0 Å². The van der Waals surface area contributed by atoms with E-state index < -0.39 is 5.91 Å². The number of carbonyl (C=O) groups excluding carboxylic acids is 3. The molecule has 40 heavy (non-hydrogen) atoms. The average molecular weight is 546 g/mol. The number of aromatic nitrogens is 1. The summed E-state index contributed by atoms with van der Waals surface area (Å²) in [6, 6.07) is 7.96. The van der Waals surface area contributed by atoms with Crippen LogP contribution in [0.5, 0.6) is 0 Å². The van der Waals surface area contributed by atoms with Crippen molar-refractivity contribution in [2.24, 2.45) is 23.5 Å². The molecule has 2 heterocycles. The number of aryl methyl sites for hydroxylation is 1. The highest BCUT2D eigenvalue weighted by Gasteiger charge is 2.41. The monoisotopic (exact) mass is 545 g/mol. The van der Waals surface area contributed by atoms with Crippen molar-refractivity contribution >= 4 is 29.1 Å². The number of nitrogens with one attached hydrogen (secondary N) is 2. The first-order valence-corrected chi connectivity index (χ1v) is 14.9. The van der Waals surface area contributed by atoms with E-state index in [1.165, 1.54) is 0 Å². The van der Waals surface area contributed by atoms with E-state index in [1.54, 1.807) is 18.3 Å². The molecule has 5 rings (SSSR count). The molecule has 1 aromatic heterocycles. The first kappa shape index (κ1) is 28.1. The first-order chi connectivity index (χ1) is 19.2. The molecule has 3 fully saturated rings. The molecule has 0 radical (unpaired) electrons. The van der Waals surface area contributed by atoms with Crippen molar-refractivity contribution in [3.8, 4) is 0 Å². The topological polar surface area (TPSA) is 117 Å². The number of hydrogen-bond donors (Lipinski definition) is 3. The van der Waals surface area contributed by atoms with Crippen LogP contribution < -0.4 is 21.3 Å². The number of fused-ring (bicyclic) bond motifs is 1. The second-order valence-electron chi connectivity index (χ2n) is 12.3. The van der Waals surface area contributed by atoms with Gasteiger partial charge in [-0.3, -0.25) is 14.4 Å². The van der Waals surface area contributed by atoms with Gasteiger partial charge in [-0.2, -0.15) is 0 Å². The van der Waals surface area contributed by atoms with Crippen LogP contribution in [0.25, 0.3) is 0 Å². The van der Waals surface area contributed by atoms with Gasteiger partial charge in [0.1, 0.15) is 5.82 Å². The summed E-state index contributed by atoms with van der Waals surface area (Å²) in [6.07, 6.45) is 8.63. The molecule has 3 aliphatic rings. The van der Waals surface area contributed by atoms with Gasteiger partial charge in [0.25, 0.3) is 11.8 Å². The summed E-state index contributed by atoms with van der Waals surface area (Å²) in [5, 5.41) is 6.76. The second kappa shape index (κ2) is 11.6. The van der Waals surface area contributed by atoms with Crippen molar-refractivity contribution < 1.29 is 14.4 Å². The molecule has 8 heteroatoms. The number of amides is 2. The minimum Gasteiger partial charge on any atom is -0.381 e. The molecule has 4 unspecified atom stereocenters. The van der Waals surface area contributed by atoms with Crippen LogP contribution in [0.15, 0.2) is 30.5 Å². The standard InChI is InChI=1S/C32H43N5O3/c1-5-26(18(2)3)36-27-16-24(19(4)13-25(27)31(33)39)32(40)35-23-14-21-7-6-12-37(28(21)15-23)29-11-10-22(17-34-29)30(38)20-8-9-20/h10-11,13,16-18,20-21,23,26,28,36H,5-9,12,14-15H2,1-4H3,(H2,33,39)(H,35,40).